The lowest BCUT2D eigenvalue weighted by molar-refractivity contribution is 0.0787. The number of benzene rings is 1. The minimum atomic E-state index is -0.0242. The van der Waals surface area contributed by atoms with Crippen molar-refractivity contribution in [2.45, 2.75) is 33.2 Å². The number of anilines is 1. The number of nitrogens with zero attached hydrogens (tertiary/aromatic N) is 2. The van der Waals surface area contributed by atoms with Crippen LogP contribution in [-0.4, -0.2) is 29.4 Å². The third kappa shape index (κ3) is 4.81. The summed E-state index contributed by atoms with van der Waals surface area (Å²) in [5.74, 6) is -0.0242. The van der Waals surface area contributed by atoms with Crippen LogP contribution in [0.25, 0.3) is 0 Å². The van der Waals surface area contributed by atoms with Crippen LogP contribution in [0, 0.1) is 6.92 Å². The van der Waals surface area contributed by atoms with Gasteiger partial charge in [0, 0.05) is 20.1 Å². The van der Waals surface area contributed by atoms with Crippen molar-refractivity contribution in [1.29, 1.82) is 0 Å². The summed E-state index contributed by atoms with van der Waals surface area (Å²) in [5.41, 5.74) is 3.93. The van der Waals surface area contributed by atoms with Gasteiger partial charge in [-0.1, -0.05) is 37.6 Å². The number of hydrogen-bond donors (Lipinski definition) is 1. The van der Waals surface area contributed by atoms with Crippen LogP contribution in [0.1, 0.15) is 41.4 Å². The Morgan fingerprint density at radius 2 is 2.00 bits per heavy atom. The highest BCUT2D eigenvalue weighted by atomic mass is 16.2. The Bertz CT molecular complexity index is 637. The molecule has 122 valence electrons. The van der Waals surface area contributed by atoms with Gasteiger partial charge in [0.25, 0.3) is 5.91 Å². The zero-order valence-corrected chi connectivity index (χ0v) is 14.2. The van der Waals surface area contributed by atoms with E-state index in [0.29, 0.717) is 5.69 Å². The Hall–Kier alpha value is -2.36. The van der Waals surface area contributed by atoms with E-state index in [-0.39, 0.29) is 5.91 Å². The van der Waals surface area contributed by atoms with Crippen LogP contribution in [-0.2, 0) is 6.54 Å². The van der Waals surface area contributed by atoms with E-state index in [9.17, 15) is 4.79 Å². The fraction of sp³-hybridized carbons (Fsp3) is 0.368. The molecule has 4 nitrogen and oxygen atoms in total. The molecule has 1 N–H and O–H groups in total. The molecule has 1 heterocycles. The molecule has 4 heteroatoms. The van der Waals surface area contributed by atoms with Gasteiger partial charge in [0.2, 0.25) is 0 Å². The maximum Gasteiger partial charge on any atom is 0.272 e. The molecule has 1 aromatic carbocycles. The molecule has 23 heavy (non-hydrogen) atoms. The summed E-state index contributed by atoms with van der Waals surface area (Å²) in [6, 6.07) is 12.0. The number of carbonyl (C=O) groups excluding carboxylic acids is 1. The lowest BCUT2D eigenvalue weighted by atomic mass is 10.1. The monoisotopic (exact) mass is 311 g/mol. The molecule has 0 aliphatic heterocycles. The molecule has 0 atom stereocenters. The normalized spacial score (nSPS) is 10.4. The molecule has 0 spiro atoms. The summed E-state index contributed by atoms with van der Waals surface area (Å²) < 4.78 is 0. The lowest BCUT2D eigenvalue weighted by Gasteiger charge is -2.16. The van der Waals surface area contributed by atoms with Crippen molar-refractivity contribution in [3.8, 4) is 0 Å². The second kappa shape index (κ2) is 8.32. The molecule has 1 aromatic heterocycles. The van der Waals surface area contributed by atoms with Crippen LogP contribution in [0.5, 0.6) is 0 Å². The van der Waals surface area contributed by atoms with Crippen LogP contribution in [0.4, 0.5) is 5.69 Å². The smallest absolute Gasteiger partial charge is 0.272 e. The van der Waals surface area contributed by atoms with Gasteiger partial charge in [-0.15, -0.1) is 0 Å². The quantitative estimate of drug-likeness (QED) is 0.844. The molecule has 2 aromatic rings. The van der Waals surface area contributed by atoms with Crippen molar-refractivity contribution in [2.24, 2.45) is 0 Å². The van der Waals surface area contributed by atoms with Crippen LogP contribution in [0.15, 0.2) is 42.6 Å². The zero-order chi connectivity index (χ0) is 16.7. The Labute approximate surface area is 138 Å². The van der Waals surface area contributed by atoms with Crippen molar-refractivity contribution in [2.75, 3.05) is 18.9 Å². The number of aryl methyl sites for hydroxylation is 1. The maximum absolute atomic E-state index is 12.2. The van der Waals surface area contributed by atoms with Crippen molar-refractivity contribution in [3.05, 3.63) is 59.4 Å². The maximum atomic E-state index is 12.2. The SMILES string of the molecule is CCCCN(C)C(=O)c1ccc(NCc2ccccc2C)cn1. The van der Waals surface area contributed by atoms with Crippen LogP contribution < -0.4 is 5.32 Å². The second-order valence-corrected chi connectivity index (χ2v) is 5.79. The van der Waals surface area contributed by atoms with E-state index in [1.807, 2.05) is 25.2 Å². The molecule has 0 aliphatic carbocycles. The van der Waals surface area contributed by atoms with Gasteiger partial charge >= 0.3 is 0 Å². The number of nitrogens with one attached hydrogen (secondary N) is 1. The third-order valence-corrected chi connectivity index (χ3v) is 3.92. The predicted molar refractivity (Wildman–Crippen MR) is 94.6 cm³/mol. The van der Waals surface area contributed by atoms with Crippen LogP contribution in [0.3, 0.4) is 0 Å². The van der Waals surface area contributed by atoms with Crippen molar-refractivity contribution in [1.82, 2.24) is 9.88 Å². The van der Waals surface area contributed by atoms with Crippen molar-refractivity contribution >= 4 is 11.6 Å². The number of carbonyl (C=O) groups is 1. The molecular formula is C19H25N3O. The van der Waals surface area contributed by atoms with Gasteiger partial charge in [0.1, 0.15) is 5.69 Å². The summed E-state index contributed by atoms with van der Waals surface area (Å²) in [4.78, 5) is 18.2. The molecule has 0 radical (unpaired) electrons. The first-order chi connectivity index (χ1) is 11.1. The van der Waals surface area contributed by atoms with Gasteiger partial charge in [0.05, 0.1) is 11.9 Å². The van der Waals surface area contributed by atoms with Crippen LogP contribution in [0.2, 0.25) is 0 Å². The molecule has 2 rings (SSSR count). The van der Waals surface area contributed by atoms with E-state index in [4.69, 9.17) is 0 Å². The summed E-state index contributed by atoms with van der Waals surface area (Å²) in [6.45, 7) is 5.73. The highest BCUT2D eigenvalue weighted by molar-refractivity contribution is 5.92. The van der Waals surface area contributed by atoms with Gasteiger partial charge in [-0.25, -0.2) is 4.98 Å². The Balaban J connectivity index is 1.94. The zero-order valence-electron chi connectivity index (χ0n) is 14.2. The van der Waals surface area contributed by atoms with Gasteiger partial charge in [0.15, 0.2) is 0 Å². The first-order valence-corrected chi connectivity index (χ1v) is 8.11. The number of amides is 1. The minimum Gasteiger partial charge on any atom is -0.380 e. The fourth-order valence-corrected chi connectivity index (χ4v) is 2.32. The Morgan fingerprint density at radius 1 is 1.22 bits per heavy atom. The van der Waals surface area contributed by atoms with E-state index in [1.165, 1.54) is 11.1 Å². The third-order valence-electron chi connectivity index (χ3n) is 3.92. The molecule has 1 amide bonds. The average Bonchev–Trinajstić information content (AvgIpc) is 2.59. The van der Waals surface area contributed by atoms with E-state index < -0.39 is 0 Å². The number of aromatic nitrogens is 1. The van der Waals surface area contributed by atoms with Gasteiger partial charge < -0.3 is 10.2 Å². The largest absolute Gasteiger partial charge is 0.380 e. The topological polar surface area (TPSA) is 45.2 Å². The molecular weight excluding hydrogens is 286 g/mol. The Kier molecular flexibility index (Phi) is 6.15. The second-order valence-electron chi connectivity index (χ2n) is 5.79. The van der Waals surface area contributed by atoms with Crippen LogP contribution >= 0.6 is 0 Å². The van der Waals surface area contributed by atoms with Gasteiger partial charge in [-0.2, -0.15) is 0 Å². The molecule has 0 bridgehead atoms. The summed E-state index contributed by atoms with van der Waals surface area (Å²) in [6.07, 6.45) is 3.81. The summed E-state index contributed by atoms with van der Waals surface area (Å²) in [7, 11) is 1.82. The van der Waals surface area contributed by atoms with Crippen molar-refractivity contribution < 1.29 is 4.79 Å². The van der Waals surface area contributed by atoms with Crippen molar-refractivity contribution in [3.63, 3.8) is 0 Å². The Morgan fingerprint density at radius 3 is 2.65 bits per heavy atom. The number of rotatable bonds is 7. The highest BCUT2D eigenvalue weighted by Gasteiger charge is 2.12. The molecule has 0 unspecified atom stereocenters. The summed E-state index contributed by atoms with van der Waals surface area (Å²) in [5, 5.41) is 3.34. The van der Waals surface area contributed by atoms with E-state index in [2.05, 4.69) is 36.3 Å². The summed E-state index contributed by atoms with van der Waals surface area (Å²) >= 11 is 0. The molecule has 0 saturated carbocycles. The van der Waals surface area contributed by atoms with E-state index in [1.54, 1.807) is 17.2 Å². The number of hydrogen-bond acceptors (Lipinski definition) is 3. The average molecular weight is 311 g/mol. The highest BCUT2D eigenvalue weighted by Crippen LogP contribution is 2.12. The van der Waals surface area contributed by atoms with E-state index in [0.717, 1.165) is 31.6 Å². The van der Waals surface area contributed by atoms with Gasteiger partial charge in [-0.3, -0.25) is 4.79 Å². The first kappa shape index (κ1) is 17.0. The molecule has 0 aliphatic rings. The lowest BCUT2D eigenvalue weighted by Crippen LogP contribution is -2.28. The predicted octanol–water partition coefficient (Wildman–Crippen LogP) is 3.87. The van der Waals surface area contributed by atoms with Gasteiger partial charge in [-0.05, 0) is 36.6 Å². The standard InChI is InChI=1S/C19H25N3O/c1-4-5-12-22(3)19(23)18-11-10-17(14-21-18)20-13-16-9-7-6-8-15(16)2/h6-11,14,20H,4-5,12-13H2,1-3H3. The number of unbranched alkanes of at least 4 members (excludes halogenated alkanes) is 1. The number of pyridine rings is 1. The first-order valence-electron chi connectivity index (χ1n) is 8.11. The minimum absolute atomic E-state index is 0.0242. The van der Waals surface area contributed by atoms with E-state index >= 15 is 0 Å². The fourth-order valence-electron chi connectivity index (χ4n) is 2.32. The molecule has 0 fully saturated rings. The molecule has 0 saturated heterocycles.